The molecule has 132 valence electrons. The summed E-state index contributed by atoms with van der Waals surface area (Å²) in [5.41, 5.74) is 9.24. The molecular formula is C18H23N5OS. The van der Waals surface area contributed by atoms with E-state index in [1.807, 2.05) is 35.0 Å². The highest BCUT2D eigenvalue weighted by Crippen LogP contribution is 2.33. The van der Waals surface area contributed by atoms with Gasteiger partial charge in [0.15, 0.2) is 0 Å². The predicted molar refractivity (Wildman–Crippen MR) is 103 cm³/mol. The summed E-state index contributed by atoms with van der Waals surface area (Å²) in [4.78, 5) is 22.2. The number of aryl methyl sites for hydroxylation is 2. The van der Waals surface area contributed by atoms with Crippen LogP contribution < -0.4 is 10.6 Å². The van der Waals surface area contributed by atoms with E-state index in [0.717, 1.165) is 46.9 Å². The Kier molecular flexibility index (Phi) is 4.21. The fourth-order valence-electron chi connectivity index (χ4n) is 3.67. The molecule has 4 heterocycles. The van der Waals surface area contributed by atoms with Gasteiger partial charge in [-0.2, -0.15) is 0 Å². The lowest BCUT2D eigenvalue weighted by Gasteiger charge is -2.28. The van der Waals surface area contributed by atoms with Crippen molar-refractivity contribution in [3.8, 4) is 0 Å². The monoisotopic (exact) mass is 357 g/mol. The highest BCUT2D eigenvalue weighted by molar-refractivity contribution is 8.04. The van der Waals surface area contributed by atoms with Crippen LogP contribution in [0, 0.1) is 6.92 Å². The average Bonchev–Trinajstić information content (AvgIpc) is 3.18. The normalized spacial score (nSPS) is 21.1. The summed E-state index contributed by atoms with van der Waals surface area (Å²) in [6, 6.07) is 2.15. The largest absolute Gasteiger partial charge is 0.345 e. The maximum absolute atomic E-state index is 12.8. The number of likely N-dealkylation sites (tertiary alicyclic amines) is 1. The summed E-state index contributed by atoms with van der Waals surface area (Å²) >= 11 is 1.64. The van der Waals surface area contributed by atoms with E-state index in [4.69, 9.17) is 5.73 Å². The van der Waals surface area contributed by atoms with Crippen LogP contribution in [0.5, 0.6) is 0 Å². The Morgan fingerprint density at radius 2 is 2.24 bits per heavy atom. The van der Waals surface area contributed by atoms with Crippen molar-refractivity contribution in [3.63, 3.8) is 0 Å². The number of thioether (sulfide) groups is 1. The van der Waals surface area contributed by atoms with E-state index in [2.05, 4.69) is 23.0 Å². The minimum Gasteiger partial charge on any atom is -0.345 e. The number of hydrogen-bond donors (Lipinski definition) is 1. The molecule has 2 aliphatic rings. The zero-order valence-corrected chi connectivity index (χ0v) is 15.4. The fraction of sp³-hybridized carbons (Fsp3) is 0.444. The number of anilines is 1. The van der Waals surface area contributed by atoms with Gasteiger partial charge in [-0.05, 0) is 25.0 Å². The first-order chi connectivity index (χ1) is 12.0. The van der Waals surface area contributed by atoms with E-state index in [1.54, 1.807) is 11.8 Å². The summed E-state index contributed by atoms with van der Waals surface area (Å²) in [5.74, 6) is 1.01. The molecule has 0 bridgehead atoms. The van der Waals surface area contributed by atoms with Crippen molar-refractivity contribution in [1.29, 1.82) is 0 Å². The molecule has 2 N–H and O–H groups in total. The van der Waals surface area contributed by atoms with E-state index in [-0.39, 0.29) is 11.9 Å². The van der Waals surface area contributed by atoms with Crippen LogP contribution in [0.1, 0.15) is 12.0 Å². The molecule has 0 spiro atoms. The van der Waals surface area contributed by atoms with Crippen LogP contribution in [-0.2, 0) is 11.8 Å². The lowest BCUT2D eigenvalue weighted by Crippen LogP contribution is -2.34. The second kappa shape index (κ2) is 6.38. The summed E-state index contributed by atoms with van der Waals surface area (Å²) < 4.78 is 2.05. The second-order valence-corrected chi connectivity index (χ2v) is 7.92. The van der Waals surface area contributed by atoms with Crippen LogP contribution >= 0.6 is 11.8 Å². The van der Waals surface area contributed by atoms with Crippen LogP contribution in [0.15, 0.2) is 29.6 Å². The zero-order valence-electron chi connectivity index (χ0n) is 14.6. The number of carbonyl (C=O) groups is 1. The molecule has 2 aromatic rings. The predicted octanol–water partition coefficient (Wildman–Crippen LogP) is 1.84. The summed E-state index contributed by atoms with van der Waals surface area (Å²) in [6.45, 7) is 4.41. The molecule has 0 saturated carbocycles. The van der Waals surface area contributed by atoms with Crippen LogP contribution in [0.4, 0.5) is 5.69 Å². The van der Waals surface area contributed by atoms with Crippen molar-refractivity contribution in [2.24, 2.45) is 12.8 Å². The number of pyridine rings is 1. The average molecular weight is 357 g/mol. The van der Waals surface area contributed by atoms with Crippen molar-refractivity contribution in [3.05, 3.63) is 35.1 Å². The quantitative estimate of drug-likeness (QED) is 0.888. The van der Waals surface area contributed by atoms with Crippen molar-refractivity contribution >= 4 is 34.4 Å². The molecule has 2 aromatic heterocycles. The third kappa shape index (κ3) is 2.91. The molecule has 1 atom stereocenters. The molecule has 1 saturated heterocycles. The number of amides is 1. The lowest BCUT2D eigenvalue weighted by atomic mass is 10.2. The van der Waals surface area contributed by atoms with Crippen LogP contribution in [0.25, 0.3) is 11.0 Å². The van der Waals surface area contributed by atoms with E-state index in [9.17, 15) is 4.79 Å². The standard InChI is InChI=1S/C18H23N5OS/c1-12-9-21(2)17-16(12)14(3-5-20-17)22-7-8-25-15(11-22)18(24)23-6-4-13(19)10-23/h3,5,9,11,13H,4,6-8,10,19H2,1-2H3/t13-/m1/s1. The Morgan fingerprint density at radius 1 is 1.40 bits per heavy atom. The third-order valence-corrected chi connectivity index (χ3v) is 5.90. The van der Waals surface area contributed by atoms with Crippen LogP contribution in [0.3, 0.4) is 0 Å². The molecule has 1 amide bonds. The van der Waals surface area contributed by atoms with Crippen LogP contribution in [-0.4, -0.2) is 51.8 Å². The zero-order chi connectivity index (χ0) is 17.6. The van der Waals surface area contributed by atoms with Gasteiger partial charge in [0.25, 0.3) is 5.91 Å². The van der Waals surface area contributed by atoms with Gasteiger partial charge < -0.3 is 20.1 Å². The minimum absolute atomic E-state index is 0.109. The number of rotatable bonds is 2. The van der Waals surface area contributed by atoms with Crippen LogP contribution in [0.2, 0.25) is 0 Å². The Bertz CT molecular complexity index is 859. The molecule has 0 aromatic carbocycles. The number of hydrogen-bond acceptors (Lipinski definition) is 5. The van der Waals surface area contributed by atoms with Crippen molar-refractivity contribution in [2.45, 2.75) is 19.4 Å². The van der Waals surface area contributed by atoms with E-state index in [1.165, 1.54) is 5.56 Å². The van der Waals surface area contributed by atoms with Gasteiger partial charge in [-0.3, -0.25) is 4.79 Å². The van der Waals surface area contributed by atoms with Gasteiger partial charge in [0.05, 0.1) is 10.6 Å². The molecule has 7 heteroatoms. The molecule has 2 aliphatic heterocycles. The van der Waals surface area contributed by atoms with Crippen molar-refractivity contribution in [2.75, 3.05) is 30.3 Å². The molecule has 0 radical (unpaired) electrons. The highest BCUT2D eigenvalue weighted by Gasteiger charge is 2.28. The Hall–Kier alpha value is -1.99. The van der Waals surface area contributed by atoms with Gasteiger partial charge in [-0.1, -0.05) is 0 Å². The Morgan fingerprint density at radius 3 is 3.00 bits per heavy atom. The first-order valence-corrected chi connectivity index (χ1v) is 9.60. The lowest BCUT2D eigenvalue weighted by molar-refractivity contribution is -0.125. The number of carbonyl (C=O) groups excluding carboxylic acids is 1. The number of nitrogens with two attached hydrogens (primary N) is 1. The molecule has 25 heavy (non-hydrogen) atoms. The number of aromatic nitrogens is 2. The number of nitrogens with zero attached hydrogens (tertiary/aromatic N) is 4. The molecule has 6 nitrogen and oxygen atoms in total. The molecule has 1 fully saturated rings. The SMILES string of the molecule is Cc1cn(C)c2nccc(N3C=C(C(=O)N4CC[C@@H](N)C4)SCC3)c12. The van der Waals surface area contributed by atoms with Gasteiger partial charge >= 0.3 is 0 Å². The summed E-state index contributed by atoms with van der Waals surface area (Å²) in [6.07, 6.45) is 6.83. The third-order valence-electron chi connectivity index (χ3n) is 4.92. The van der Waals surface area contributed by atoms with E-state index >= 15 is 0 Å². The van der Waals surface area contributed by atoms with E-state index < -0.39 is 0 Å². The van der Waals surface area contributed by atoms with Gasteiger partial charge in [0.1, 0.15) is 5.65 Å². The number of fused-ring (bicyclic) bond motifs is 1. The van der Waals surface area contributed by atoms with Gasteiger partial charge in [0.2, 0.25) is 0 Å². The highest BCUT2D eigenvalue weighted by atomic mass is 32.2. The van der Waals surface area contributed by atoms with Gasteiger partial charge in [-0.25, -0.2) is 4.98 Å². The fourth-order valence-corrected chi connectivity index (χ4v) is 4.64. The van der Waals surface area contributed by atoms with Crippen molar-refractivity contribution in [1.82, 2.24) is 14.5 Å². The smallest absolute Gasteiger partial charge is 0.261 e. The molecular weight excluding hydrogens is 334 g/mol. The first kappa shape index (κ1) is 16.5. The summed E-state index contributed by atoms with van der Waals surface area (Å²) in [5, 5.41) is 1.16. The minimum atomic E-state index is 0.109. The van der Waals surface area contributed by atoms with Gasteiger partial charge in [-0.15, -0.1) is 11.8 Å². The molecule has 0 unspecified atom stereocenters. The second-order valence-electron chi connectivity index (χ2n) is 6.79. The van der Waals surface area contributed by atoms with Crippen molar-refractivity contribution < 1.29 is 4.79 Å². The maximum Gasteiger partial charge on any atom is 0.261 e. The first-order valence-electron chi connectivity index (χ1n) is 8.61. The Labute approximate surface area is 151 Å². The molecule has 0 aliphatic carbocycles. The molecule has 4 rings (SSSR count). The topological polar surface area (TPSA) is 67.4 Å². The maximum atomic E-state index is 12.8. The van der Waals surface area contributed by atoms with Gasteiger partial charge in [0, 0.05) is 62.5 Å². The van der Waals surface area contributed by atoms with E-state index in [0.29, 0.717) is 6.54 Å². The Balaban J connectivity index is 1.68. The summed E-state index contributed by atoms with van der Waals surface area (Å²) in [7, 11) is 2.01.